The molecule has 1 aliphatic carbocycles. The summed E-state index contributed by atoms with van der Waals surface area (Å²) in [5.41, 5.74) is 3.85. The van der Waals surface area contributed by atoms with Gasteiger partial charge < -0.3 is 15.6 Å². The van der Waals surface area contributed by atoms with Crippen molar-refractivity contribution >= 4 is 41.0 Å². The quantitative estimate of drug-likeness (QED) is 0.203. The third-order valence-corrected chi connectivity index (χ3v) is 5.38. The second kappa shape index (κ2) is 9.41. The molecular weight excluding hydrogens is 461 g/mol. The van der Waals surface area contributed by atoms with Gasteiger partial charge in [0, 0.05) is 32.0 Å². The summed E-state index contributed by atoms with van der Waals surface area (Å²) < 4.78 is 0. The van der Waals surface area contributed by atoms with Crippen LogP contribution in [-0.2, 0) is 11.8 Å². The Balaban J connectivity index is 0.00000225. The number of aryl methyl sites for hydroxylation is 1. The number of aromatic nitrogens is 2. The third-order valence-electron chi connectivity index (χ3n) is 5.38. The number of halogens is 1. The van der Waals surface area contributed by atoms with Gasteiger partial charge in [-0.25, -0.2) is 4.98 Å². The first-order chi connectivity index (χ1) is 13.3. The molecule has 1 heterocycles. The lowest BCUT2D eigenvalue weighted by molar-refractivity contribution is 0.641. The smallest absolute Gasteiger partial charge is 0.191 e. The zero-order valence-corrected chi connectivity index (χ0v) is 18.6. The monoisotopic (exact) mass is 489 g/mol. The van der Waals surface area contributed by atoms with Gasteiger partial charge in [0.15, 0.2) is 5.96 Å². The van der Waals surface area contributed by atoms with Crippen molar-refractivity contribution in [1.29, 1.82) is 0 Å². The predicted octanol–water partition coefficient (Wildman–Crippen LogP) is 4.01. The standard InChI is InChI=1S/C22H27N5.HI/c1-23-21(25-16-22(13-14-22)17-8-3-2-4-9-17)24-15-7-12-20-26-18-10-5-6-11-19(18)27-20;/h2-6,8-11H,7,12-16H2,1H3,(H,26,27)(H2,23,24,25);1H. The maximum Gasteiger partial charge on any atom is 0.191 e. The van der Waals surface area contributed by atoms with Crippen LogP contribution in [0.5, 0.6) is 0 Å². The van der Waals surface area contributed by atoms with E-state index in [1.807, 2.05) is 25.2 Å². The van der Waals surface area contributed by atoms with Crippen molar-refractivity contribution < 1.29 is 0 Å². The first kappa shape index (κ1) is 20.6. The average molecular weight is 489 g/mol. The van der Waals surface area contributed by atoms with Crippen LogP contribution in [0.15, 0.2) is 59.6 Å². The molecule has 1 aliphatic rings. The molecule has 4 rings (SSSR count). The van der Waals surface area contributed by atoms with Gasteiger partial charge in [0.05, 0.1) is 11.0 Å². The molecule has 0 spiro atoms. The summed E-state index contributed by atoms with van der Waals surface area (Å²) in [5.74, 6) is 1.92. The number of imidazole rings is 1. The van der Waals surface area contributed by atoms with E-state index in [9.17, 15) is 0 Å². The van der Waals surface area contributed by atoms with Crippen LogP contribution in [0.3, 0.4) is 0 Å². The lowest BCUT2D eigenvalue weighted by atomic mass is 9.96. The SMILES string of the molecule is CN=C(NCCCc1nc2ccccc2[nH]1)NCC1(c2ccccc2)CC1.I. The van der Waals surface area contributed by atoms with E-state index in [2.05, 4.69) is 62.0 Å². The van der Waals surface area contributed by atoms with Crippen LogP contribution in [0, 0.1) is 0 Å². The first-order valence-corrected chi connectivity index (χ1v) is 9.73. The highest BCUT2D eigenvalue weighted by atomic mass is 127. The van der Waals surface area contributed by atoms with Gasteiger partial charge in [-0.05, 0) is 37.0 Å². The van der Waals surface area contributed by atoms with E-state index in [1.165, 1.54) is 18.4 Å². The zero-order chi connectivity index (χ0) is 18.5. The molecule has 148 valence electrons. The van der Waals surface area contributed by atoms with E-state index < -0.39 is 0 Å². The maximum absolute atomic E-state index is 4.63. The van der Waals surface area contributed by atoms with E-state index in [-0.39, 0.29) is 29.4 Å². The number of nitrogens with one attached hydrogen (secondary N) is 3. The van der Waals surface area contributed by atoms with Crippen LogP contribution >= 0.6 is 24.0 Å². The van der Waals surface area contributed by atoms with Gasteiger partial charge in [0.2, 0.25) is 0 Å². The van der Waals surface area contributed by atoms with Gasteiger partial charge in [-0.3, -0.25) is 4.99 Å². The molecule has 6 heteroatoms. The van der Waals surface area contributed by atoms with Gasteiger partial charge in [-0.15, -0.1) is 24.0 Å². The molecule has 0 atom stereocenters. The van der Waals surface area contributed by atoms with Crippen LogP contribution < -0.4 is 10.6 Å². The van der Waals surface area contributed by atoms with E-state index in [0.717, 1.165) is 48.7 Å². The van der Waals surface area contributed by atoms with Gasteiger partial charge >= 0.3 is 0 Å². The van der Waals surface area contributed by atoms with Crippen LogP contribution in [0.1, 0.15) is 30.7 Å². The van der Waals surface area contributed by atoms with Gasteiger partial charge in [-0.1, -0.05) is 42.5 Å². The number of rotatable bonds is 7. The average Bonchev–Trinajstić information content (AvgIpc) is 3.39. The highest BCUT2D eigenvalue weighted by Gasteiger charge is 2.43. The summed E-state index contributed by atoms with van der Waals surface area (Å²) in [7, 11) is 1.83. The molecule has 28 heavy (non-hydrogen) atoms. The molecule has 0 unspecified atom stereocenters. The number of aliphatic imine (C=N–C) groups is 1. The van der Waals surface area contributed by atoms with E-state index in [0.29, 0.717) is 0 Å². The lowest BCUT2D eigenvalue weighted by Gasteiger charge is -2.19. The van der Waals surface area contributed by atoms with Crippen molar-refractivity contribution in [3.05, 3.63) is 66.0 Å². The van der Waals surface area contributed by atoms with Crippen LogP contribution in [0.25, 0.3) is 11.0 Å². The molecule has 1 saturated carbocycles. The predicted molar refractivity (Wildman–Crippen MR) is 127 cm³/mol. The van der Waals surface area contributed by atoms with Crippen molar-refractivity contribution in [2.45, 2.75) is 31.1 Å². The van der Waals surface area contributed by atoms with Gasteiger partial charge in [-0.2, -0.15) is 0 Å². The zero-order valence-electron chi connectivity index (χ0n) is 16.2. The number of guanidine groups is 1. The molecule has 5 nitrogen and oxygen atoms in total. The molecular formula is C22H28IN5. The summed E-state index contributed by atoms with van der Waals surface area (Å²) in [6.07, 6.45) is 4.41. The highest BCUT2D eigenvalue weighted by Crippen LogP contribution is 2.47. The Hall–Kier alpha value is -2.09. The van der Waals surface area contributed by atoms with Crippen LogP contribution in [0.4, 0.5) is 0 Å². The number of H-pyrrole nitrogens is 1. The number of hydrogen-bond donors (Lipinski definition) is 3. The number of para-hydroxylation sites is 2. The summed E-state index contributed by atoms with van der Waals surface area (Å²) in [5, 5.41) is 6.93. The number of nitrogens with zero attached hydrogens (tertiary/aromatic N) is 2. The van der Waals surface area contributed by atoms with Crippen LogP contribution in [0.2, 0.25) is 0 Å². The Morgan fingerprint density at radius 2 is 1.82 bits per heavy atom. The molecule has 0 radical (unpaired) electrons. The van der Waals surface area contributed by atoms with Crippen molar-refractivity contribution in [1.82, 2.24) is 20.6 Å². The number of benzene rings is 2. The minimum absolute atomic E-state index is 0. The fourth-order valence-corrected chi connectivity index (χ4v) is 3.57. The summed E-state index contributed by atoms with van der Waals surface area (Å²) >= 11 is 0. The van der Waals surface area contributed by atoms with E-state index in [1.54, 1.807) is 0 Å². The second-order valence-electron chi connectivity index (χ2n) is 7.30. The molecule has 2 aromatic carbocycles. The van der Waals surface area contributed by atoms with E-state index >= 15 is 0 Å². The molecule has 1 aromatic heterocycles. The minimum atomic E-state index is 0. The fraction of sp³-hybridized carbons (Fsp3) is 0.364. The Labute approximate surface area is 183 Å². The number of fused-ring (bicyclic) bond motifs is 1. The van der Waals surface area contributed by atoms with Crippen molar-refractivity contribution in [3.63, 3.8) is 0 Å². The van der Waals surface area contributed by atoms with Crippen LogP contribution in [-0.4, -0.2) is 36.1 Å². The molecule has 3 aromatic rings. The topological polar surface area (TPSA) is 65.1 Å². The third kappa shape index (κ3) is 4.84. The summed E-state index contributed by atoms with van der Waals surface area (Å²) in [6, 6.07) is 19.0. The molecule has 0 aliphatic heterocycles. The van der Waals surface area contributed by atoms with Crippen molar-refractivity contribution in [2.75, 3.05) is 20.1 Å². The number of hydrogen-bond acceptors (Lipinski definition) is 2. The Kier molecular flexibility index (Phi) is 6.93. The van der Waals surface area contributed by atoms with Crippen molar-refractivity contribution in [3.8, 4) is 0 Å². The van der Waals surface area contributed by atoms with Crippen molar-refractivity contribution in [2.24, 2.45) is 4.99 Å². The molecule has 0 amide bonds. The Morgan fingerprint density at radius 1 is 1.07 bits per heavy atom. The molecule has 0 bridgehead atoms. The molecule has 3 N–H and O–H groups in total. The lowest BCUT2D eigenvalue weighted by Crippen LogP contribution is -2.41. The number of aromatic amines is 1. The second-order valence-corrected chi connectivity index (χ2v) is 7.30. The minimum Gasteiger partial charge on any atom is -0.356 e. The fourth-order valence-electron chi connectivity index (χ4n) is 3.57. The van der Waals surface area contributed by atoms with Gasteiger partial charge in [0.25, 0.3) is 0 Å². The Bertz CT molecular complexity index is 882. The molecule has 0 saturated heterocycles. The first-order valence-electron chi connectivity index (χ1n) is 9.73. The summed E-state index contributed by atoms with van der Waals surface area (Å²) in [4.78, 5) is 12.4. The maximum atomic E-state index is 4.63. The van der Waals surface area contributed by atoms with Gasteiger partial charge in [0.1, 0.15) is 5.82 Å². The van der Waals surface area contributed by atoms with E-state index in [4.69, 9.17) is 0 Å². The normalized spacial score (nSPS) is 15.1. The molecule has 1 fully saturated rings. The highest BCUT2D eigenvalue weighted by molar-refractivity contribution is 14.0. The Morgan fingerprint density at radius 3 is 2.54 bits per heavy atom. The largest absolute Gasteiger partial charge is 0.356 e. The summed E-state index contributed by atoms with van der Waals surface area (Å²) in [6.45, 7) is 1.80.